The molecule has 0 bridgehead atoms. The summed E-state index contributed by atoms with van der Waals surface area (Å²) in [4.78, 5) is 30.1. The zero-order chi connectivity index (χ0) is 15.4. The second-order valence-corrected chi connectivity index (χ2v) is 4.37. The molecule has 0 spiro atoms. The number of hydrogen-bond donors (Lipinski definition) is 2. The summed E-state index contributed by atoms with van der Waals surface area (Å²) in [6, 6.07) is 3.63. The lowest BCUT2D eigenvalue weighted by atomic mass is 10.2. The van der Waals surface area contributed by atoms with Crippen molar-refractivity contribution < 1.29 is 19.1 Å². The van der Waals surface area contributed by atoms with E-state index >= 15 is 0 Å². The van der Waals surface area contributed by atoms with Gasteiger partial charge in [0, 0.05) is 6.20 Å². The van der Waals surface area contributed by atoms with Crippen molar-refractivity contribution >= 4 is 23.5 Å². The van der Waals surface area contributed by atoms with Gasteiger partial charge in [0.15, 0.2) is 0 Å². The van der Waals surface area contributed by atoms with Gasteiger partial charge in [-0.15, -0.1) is 0 Å². The molecule has 0 saturated carbocycles. The Hall–Kier alpha value is -2.54. The van der Waals surface area contributed by atoms with Crippen LogP contribution in [0.4, 0.5) is 4.39 Å². The van der Waals surface area contributed by atoms with Crippen molar-refractivity contribution in [2.75, 3.05) is 0 Å². The molecule has 2 aromatic rings. The third kappa shape index (κ3) is 3.73. The molecule has 6 nitrogen and oxygen atoms in total. The predicted molar refractivity (Wildman–Crippen MR) is 71.6 cm³/mol. The maximum Gasteiger partial charge on any atom is 0.335 e. The Morgan fingerprint density at radius 3 is 2.81 bits per heavy atom. The number of rotatable bonds is 4. The number of aromatic carboxylic acids is 1. The van der Waals surface area contributed by atoms with Crippen molar-refractivity contribution in [2.24, 2.45) is 0 Å². The highest BCUT2D eigenvalue weighted by Crippen LogP contribution is 2.13. The van der Waals surface area contributed by atoms with E-state index in [0.29, 0.717) is 5.69 Å². The van der Waals surface area contributed by atoms with Crippen molar-refractivity contribution in [3.8, 4) is 0 Å². The van der Waals surface area contributed by atoms with Gasteiger partial charge in [-0.05, 0) is 18.2 Å². The van der Waals surface area contributed by atoms with Gasteiger partial charge in [-0.2, -0.15) is 0 Å². The van der Waals surface area contributed by atoms with Gasteiger partial charge in [0.25, 0.3) is 5.91 Å². The lowest BCUT2D eigenvalue weighted by Gasteiger charge is -2.06. The molecule has 0 aliphatic rings. The van der Waals surface area contributed by atoms with Gasteiger partial charge < -0.3 is 10.4 Å². The van der Waals surface area contributed by atoms with E-state index in [1.807, 2.05) is 0 Å². The Balaban J connectivity index is 2.09. The summed E-state index contributed by atoms with van der Waals surface area (Å²) in [5, 5.41) is 11.2. The summed E-state index contributed by atoms with van der Waals surface area (Å²) in [5.74, 6) is -2.41. The van der Waals surface area contributed by atoms with Crippen LogP contribution in [0.15, 0.2) is 30.6 Å². The van der Waals surface area contributed by atoms with Gasteiger partial charge in [0.2, 0.25) is 0 Å². The highest BCUT2D eigenvalue weighted by molar-refractivity contribution is 6.32. The van der Waals surface area contributed by atoms with Crippen molar-refractivity contribution in [2.45, 2.75) is 6.54 Å². The summed E-state index contributed by atoms with van der Waals surface area (Å²) in [6.07, 6.45) is 2.22. The van der Waals surface area contributed by atoms with E-state index < -0.39 is 17.7 Å². The molecule has 0 aliphatic carbocycles. The highest BCUT2D eigenvalue weighted by atomic mass is 35.5. The average molecular weight is 310 g/mol. The Bertz CT molecular complexity index is 709. The van der Waals surface area contributed by atoms with Gasteiger partial charge >= 0.3 is 5.97 Å². The third-order valence-corrected chi connectivity index (χ3v) is 2.85. The predicted octanol–water partition coefficient (Wildman–Crippen LogP) is 1.90. The van der Waals surface area contributed by atoms with Gasteiger partial charge in [0.1, 0.15) is 11.0 Å². The number of carboxylic acids is 1. The molecule has 0 saturated heterocycles. The molecule has 0 atom stereocenters. The Morgan fingerprint density at radius 2 is 2.10 bits per heavy atom. The number of aromatic nitrogens is 2. The molecule has 0 unspecified atom stereocenters. The van der Waals surface area contributed by atoms with Crippen LogP contribution in [0.3, 0.4) is 0 Å². The van der Waals surface area contributed by atoms with E-state index in [-0.39, 0.29) is 22.8 Å². The van der Waals surface area contributed by atoms with Gasteiger partial charge in [-0.1, -0.05) is 11.6 Å². The maximum atomic E-state index is 13.0. The average Bonchev–Trinajstić information content (AvgIpc) is 2.47. The minimum Gasteiger partial charge on any atom is -0.478 e. The first-order valence-corrected chi connectivity index (χ1v) is 6.12. The third-order valence-electron chi connectivity index (χ3n) is 2.54. The topological polar surface area (TPSA) is 92.2 Å². The molecule has 2 N–H and O–H groups in total. The molecule has 21 heavy (non-hydrogen) atoms. The first-order chi connectivity index (χ1) is 9.97. The monoisotopic (exact) mass is 309 g/mol. The molecule has 8 heteroatoms. The lowest BCUT2D eigenvalue weighted by Crippen LogP contribution is -2.24. The summed E-state index contributed by atoms with van der Waals surface area (Å²) < 4.78 is 13.0. The Morgan fingerprint density at radius 1 is 1.33 bits per heavy atom. The van der Waals surface area contributed by atoms with Gasteiger partial charge in [-0.3, -0.25) is 9.78 Å². The first-order valence-electron chi connectivity index (χ1n) is 5.75. The summed E-state index contributed by atoms with van der Waals surface area (Å²) in [5.41, 5.74) is 0.300. The second kappa shape index (κ2) is 6.27. The minimum atomic E-state index is -1.10. The Kier molecular flexibility index (Phi) is 4.44. The fourth-order valence-electron chi connectivity index (χ4n) is 1.56. The van der Waals surface area contributed by atoms with Crippen molar-refractivity contribution in [3.63, 3.8) is 0 Å². The number of hydrogen-bond acceptors (Lipinski definition) is 4. The van der Waals surface area contributed by atoms with E-state index in [2.05, 4.69) is 15.3 Å². The number of pyridine rings is 2. The van der Waals surface area contributed by atoms with E-state index in [4.69, 9.17) is 16.7 Å². The number of amides is 1. The zero-order valence-electron chi connectivity index (χ0n) is 10.5. The number of carbonyl (C=O) groups excluding carboxylic acids is 1. The highest BCUT2D eigenvalue weighted by Gasteiger charge is 2.13. The molecule has 0 aliphatic heterocycles. The summed E-state index contributed by atoms with van der Waals surface area (Å²) in [7, 11) is 0. The molecular weight excluding hydrogens is 301 g/mol. The van der Waals surface area contributed by atoms with Crippen molar-refractivity contribution in [3.05, 3.63) is 58.4 Å². The van der Waals surface area contributed by atoms with Crippen LogP contribution in [-0.2, 0) is 6.54 Å². The smallest absolute Gasteiger partial charge is 0.335 e. The van der Waals surface area contributed by atoms with Crippen LogP contribution in [0.2, 0.25) is 5.15 Å². The molecule has 0 aromatic carbocycles. The first kappa shape index (κ1) is 14.9. The van der Waals surface area contributed by atoms with Crippen LogP contribution in [0.1, 0.15) is 26.4 Å². The minimum absolute atomic E-state index is 0.0210. The van der Waals surface area contributed by atoms with Gasteiger partial charge in [0.05, 0.1) is 29.6 Å². The maximum absolute atomic E-state index is 13.0. The zero-order valence-corrected chi connectivity index (χ0v) is 11.3. The van der Waals surface area contributed by atoms with Crippen LogP contribution >= 0.6 is 11.6 Å². The molecule has 2 aromatic heterocycles. The molecule has 0 fully saturated rings. The number of halogens is 2. The summed E-state index contributed by atoms with van der Waals surface area (Å²) in [6.45, 7) is -0.0210. The van der Waals surface area contributed by atoms with Crippen LogP contribution in [0.25, 0.3) is 0 Å². The van der Waals surface area contributed by atoms with Crippen LogP contribution in [0, 0.1) is 5.82 Å². The lowest BCUT2D eigenvalue weighted by molar-refractivity contribution is 0.0696. The SMILES string of the molecule is O=C(O)c1ccnc(CNC(=O)c2cc(F)cnc2Cl)c1. The largest absolute Gasteiger partial charge is 0.478 e. The molecular formula is C13H9ClFN3O3. The molecule has 2 rings (SSSR count). The fraction of sp³-hybridized carbons (Fsp3) is 0.0769. The van der Waals surface area contributed by atoms with E-state index in [9.17, 15) is 14.0 Å². The molecule has 108 valence electrons. The molecule has 2 heterocycles. The van der Waals surface area contributed by atoms with Crippen LogP contribution in [-0.4, -0.2) is 27.0 Å². The van der Waals surface area contributed by atoms with Crippen LogP contribution in [0.5, 0.6) is 0 Å². The van der Waals surface area contributed by atoms with Crippen molar-refractivity contribution in [1.29, 1.82) is 0 Å². The van der Waals surface area contributed by atoms with Crippen LogP contribution < -0.4 is 5.32 Å². The second-order valence-electron chi connectivity index (χ2n) is 4.02. The Labute approximate surface area is 123 Å². The number of carboxylic acid groups (broad SMARTS) is 1. The quantitative estimate of drug-likeness (QED) is 0.842. The fourth-order valence-corrected chi connectivity index (χ4v) is 1.74. The summed E-state index contributed by atoms with van der Waals surface area (Å²) >= 11 is 5.71. The number of nitrogens with one attached hydrogen (secondary N) is 1. The number of nitrogens with zero attached hydrogens (tertiary/aromatic N) is 2. The van der Waals surface area contributed by atoms with Crippen molar-refractivity contribution in [1.82, 2.24) is 15.3 Å². The van der Waals surface area contributed by atoms with E-state index in [1.165, 1.54) is 18.3 Å². The van der Waals surface area contributed by atoms with Gasteiger partial charge in [-0.25, -0.2) is 14.2 Å². The molecule has 0 radical (unpaired) electrons. The number of carbonyl (C=O) groups is 2. The van der Waals surface area contributed by atoms with E-state index in [0.717, 1.165) is 12.3 Å². The standard InChI is InChI=1S/C13H9ClFN3O3/c14-11-10(4-8(15)5-17-11)12(19)18-6-9-3-7(13(20)21)1-2-16-9/h1-5H,6H2,(H,18,19)(H,20,21). The normalized spacial score (nSPS) is 10.2. The van der Waals surface area contributed by atoms with E-state index in [1.54, 1.807) is 0 Å². The molecule has 1 amide bonds.